The third-order valence-corrected chi connectivity index (χ3v) is 4.78. The second-order valence-electron chi connectivity index (χ2n) is 3.83. The van der Waals surface area contributed by atoms with E-state index in [9.17, 15) is 18.0 Å². The number of alkyl halides is 3. The Hall–Kier alpha value is -1.14. The standard InChI is InChI=1S/C11H6ClF3IN3O2S/c1-21-7-3-6(16)5(12)2-4(7)8(20)17-10-19-18-9(22-10)11(13,14)15/h2-3H,1H3,(H,17,19,20). The molecule has 1 heterocycles. The minimum atomic E-state index is -4.61. The van der Waals surface area contributed by atoms with Gasteiger partial charge in [0.05, 0.1) is 17.7 Å². The van der Waals surface area contributed by atoms with Crippen molar-refractivity contribution in [1.82, 2.24) is 10.2 Å². The molecule has 2 rings (SSSR count). The van der Waals surface area contributed by atoms with E-state index in [1.54, 1.807) is 6.07 Å². The van der Waals surface area contributed by atoms with Gasteiger partial charge < -0.3 is 4.74 Å². The molecule has 0 fully saturated rings. The van der Waals surface area contributed by atoms with Gasteiger partial charge in [0.1, 0.15) is 5.75 Å². The number of nitrogens with one attached hydrogen (secondary N) is 1. The van der Waals surface area contributed by atoms with Crippen molar-refractivity contribution >= 4 is 56.6 Å². The number of amides is 1. The van der Waals surface area contributed by atoms with Gasteiger partial charge >= 0.3 is 6.18 Å². The molecule has 11 heteroatoms. The van der Waals surface area contributed by atoms with Crippen LogP contribution in [-0.4, -0.2) is 23.2 Å². The van der Waals surface area contributed by atoms with Crippen molar-refractivity contribution in [2.75, 3.05) is 12.4 Å². The van der Waals surface area contributed by atoms with Crippen LogP contribution in [0.5, 0.6) is 5.75 Å². The largest absolute Gasteiger partial charge is 0.496 e. The quantitative estimate of drug-likeness (QED) is 0.697. The first kappa shape index (κ1) is 17.2. The number of anilines is 1. The van der Waals surface area contributed by atoms with Crippen LogP contribution in [0.4, 0.5) is 18.3 Å². The summed E-state index contributed by atoms with van der Waals surface area (Å²) in [6.07, 6.45) is -4.61. The zero-order valence-corrected chi connectivity index (χ0v) is 14.4. The van der Waals surface area contributed by atoms with Crippen LogP contribution in [0.15, 0.2) is 12.1 Å². The number of ether oxygens (including phenoxy) is 1. The molecule has 1 aromatic carbocycles. The number of aromatic nitrogens is 2. The molecule has 0 aliphatic heterocycles. The van der Waals surface area contributed by atoms with E-state index >= 15 is 0 Å². The molecule has 1 amide bonds. The number of nitrogens with zero attached hydrogens (tertiary/aromatic N) is 2. The summed E-state index contributed by atoms with van der Waals surface area (Å²) in [6, 6.07) is 2.91. The fourth-order valence-electron chi connectivity index (χ4n) is 1.43. The van der Waals surface area contributed by atoms with Crippen LogP contribution >= 0.6 is 45.5 Å². The fraction of sp³-hybridized carbons (Fsp3) is 0.182. The lowest BCUT2D eigenvalue weighted by atomic mass is 10.2. The Morgan fingerprint density at radius 3 is 2.64 bits per heavy atom. The van der Waals surface area contributed by atoms with Gasteiger partial charge in [-0.05, 0) is 34.7 Å². The first-order valence-corrected chi connectivity index (χ1v) is 7.74. The van der Waals surface area contributed by atoms with Crippen molar-refractivity contribution in [1.29, 1.82) is 0 Å². The van der Waals surface area contributed by atoms with Crippen LogP contribution < -0.4 is 10.1 Å². The van der Waals surface area contributed by atoms with Crippen molar-refractivity contribution in [3.63, 3.8) is 0 Å². The van der Waals surface area contributed by atoms with E-state index in [0.717, 1.165) is 0 Å². The van der Waals surface area contributed by atoms with E-state index in [0.29, 0.717) is 8.59 Å². The van der Waals surface area contributed by atoms with Gasteiger partial charge in [0.15, 0.2) is 0 Å². The number of methoxy groups -OCH3 is 1. The fourth-order valence-corrected chi connectivity index (χ4v) is 2.64. The normalized spacial score (nSPS) is 11.4. The lowest BCUT2D eigenvalue weighted by molar-refractivity contribution is -0.138. The Kier molecular flexibility index (Phi) is 5.12. The maximum Gasteiger partial charge on any atom is 0.445 e. The van der Waals surface area contributed by atoms with E-state index in [1.165, 1.54) is 13.2 Å². The van der Waals surface area contributed by atoms with Crippen molar-refractivity contribution in [3.8, 4) is 5.75 Å². The molecule has 1 N–H and O–H groups in total. The number of carbonyl (C=O) groups excluding carboxylic acids is 1. The Morgan fingerprint density at radius 1 is 1.41 bits per heavy atom. The lowest BCUT2D eigenvalue weighted by Crippen LogP contribution is -2.13. The first-order chi connectivity index (χ1) is 10.2. The van der Waals surface area contributed by atoms with E-state index in [4.69, 9.17) is 16.3 Å². The predicted molar refractivity (Wildman–Crippen MR) is 83.6 cm³/mol. The number of rotatable bonds is 3. The minimum Gasteiger partial charge on any atom is -0.496 e. The van der Waals surface area contributed by atoms with Crippen LogP contribution in [-0.2, 0) is 6.18 Å². The van der Waals surface area contributed by atoms with Crippen LogP contribution in [0, 0.1) is 3.57 Å². The molecule has 22 heavy (non-hydrogen) atoms. The monoisotopic (exact) mass is 463 g/mol. The van der Waals surface area contributed by atoms with Crippen molar-refractivity contribution in [3.05, 3.63) is 31.3 Å². The average molecular weight is 464 g/mol. The highest BCUT2D eigenvalue weighted by Crippen LogP contribution is 2.34. The molecule has 0 saturated carbocycles. The second kappa shape index (κ2) is 6.54. The Balaban J connectivity index is 2.26. The van der Waals surface area contributed by atoms with Crippen molar-refractivity contribution in [2.24, 2.45) is 0 Å². The Bertz CT molecular complexity index is 723. The minimum absolute atomic E-state index is 0.0803. The third-order valence-electron chi connectivity index (χ3n) is 2.37. The highest BCUT2D eigenvalue weighted by atomic mass is 127. The maximum atomic E-state index is 12.4. The van der Waals surface area contributed by atoms with Gasteiger partial charge in [-0.15, -0.1) is 10.2 Å². The van der Waals surface area contributed by atoms with Crippen molar-refractivity contribution < 1.29 is 22.7 Å². The van der Waals surface area contributed by atoms with E-state index in [1.807, 2.05) is 22.6 Å². The van der Waals surface area contributed by atoms with Crippen molar-refractivity contribution in [2.45, 2.75) is 6.18 Å². The van der Waals surface area contributed by atoms with Gasteiger partial charge in [-0.3, -0.25) is 10.1 Å². The first-order valence-electron chi connectivity index (χ1n) is 5.47. The molecule has 1 aromatic heterocycles. The highest BCUT2D eigenvalue weighted by Gasteiger charge is 2.35. The SMILES string of the molecule is COc1cc(I)c(Cl)cc1C(=O)Nc1nnc(C(F)(F)F)s1. The summed E-state index contributed by atoms with van der Waals surface area (Å²) in [5.74, 6) is -0.452. The van der Waals surface area contributed by atoms with Crippen LogP contribution in [0.3, 0.4) is 0 Å². The summed E-state index contributed by atoms with van der Waals surface area (Å²) >= 11 is 8.13. The molecule has 5 nitrogen and oxygen atoms in total. The molecule has 0 aliphatic carbocycles. The molecular weight excluding hydrogens is 458 g/mol. The summed E-state index contributed by atoms with van der Waals surface area (Å²) in [4.78, 5) is 12.1. The topological polar surface area (TPSA) is 64.1 Å². The smallest absolute Gasteiger partial charge is 0.445 e. The van der Waals surface area contributed by atoms with Gasteiger partial charge in [0.2, 0.25) is 10.1 Å². The van der Waals surface area contributed by atoms with Gasteiger partial charge in [-0.1, -0.05) is 22.9 Å². The maximum absolute atomic E-state index is 12.4. The number of benzene rings is 1. The molecule has 0 saturated heterocycles. The molecule has 0 atom stereocenters. The van der Waals surface area contributed by atoms with Gasteiger partial charge in [-0.25, -0.2) is 0 Å². The summed E-state index contributed by atoms with van der Waals surface area (Å²) in [5, 5.41) is 7.41. The molecule has 0 unspecified atom stereocenters. The second-order valence-corrected chi connectivity index (χ2v) is 6.38. The van der Waals surface area contributed by atoms with Crippen LogP contribution in [0.25, 0.3) is 0 Å². The predicted octanol–water partition coefficient (Wildman–Crippen LogP) is 4.08. The summed E-state index contributed by atoms with van der Waals surface area (Å²) in [7, 11) is 1.36. The zero-order chi connectivity index (χ0) is 16.5. The number of hydrogen-bond donors (Lipinski definition) is 1. The highest BCUT2D eigenvalue weighted by molar-refractivity contribution is 14.1. The molecule has 0 radical (unpaired) electrons. The van der Waals surface area contributed by atoms with Gasteiger partial charge in [-0.2, -0.15) is 13.2 Å². The summed E-state index contributed by atoms with van der Waals surface area (Å²) < 4.78 is 43.0. The zero-order valence-electron chi connectivity index (χ0n) is 10.7. The number of hydrogen-bond acceptors (Lipinski definition) is 5. The van der Waals surface area contributed by atoms with E-state index in [-0.39, 0.29) is 27.8 Å². The number of halogens is 5. The lowest BCUT2D eigenvalue weighted by Gasteiger charge is -2.09. The van der Waals surface area contributed by atoms with E-state index < -0.39 is 17.1 Å². The molecule has 0 aliphatic rings. The van der Waals surface area contributed by atoms with Crippen LogP contribution in [0.2, 0.25) is 5.02 Å². The summed E-state index contributed by atoms with van der Waals surface area (Å²) in [5.41, 5.74) is 0.0803. The van der Waals surface area contributed by atoms with Gasteiger partial charge in [0, 0.05) is 3.57 Å². The Morgan fingerprint density at radius 2 is 2.09 bits per heavy atom. The molecule has 118 valence electrons. The molecule has 0 spiro atoms. The van der Waals surface area contributed by atoms with Gasteiger partial charge in [0.25, 0.3) is 5.91 Å². The average Bonchev–Trinajstić information content (AvgIpc) is 2.89. The Labute approximate surface area is 145 Å². The molecule has 0 bridgehead atoms. The summed E-state index contributed by atoms with van der Waals surface area (Å²) in [6.45, 7) is 0. The molecule has 2 aromatic rings. The number of carbonyl (C=O) groups is 1. The third kappa shape index (κ3) is 3.79. The van der Waals surface area contributed by atoms with E-state index in [2.05, 4.69) is 15.5 Å². The van der Waals surface area contributed by atoms with Crippen LogP contribution in [0.1, 0.15) is 15.4 Å². The molecular formula is C11H6ClF3IN3O2S.